The number of hydrogen-bond acceptors (Lipinski definition) is 2. The zero-order valence-corrected chi connectivity index (χ0v) is 8.85. The summed E-state index contributed by atoms with van der Waals surface area (Å²) in [6.07, 6.45) is 5.03. The maximum atomic E-state index is 4.30. The highest BCUT2D eigenvalue weighted by molar-refractivity contribution is 9.18. The van der Waals surface area contributed by atoms with Crippen molar-refractivity contribution in [1.82, 2.24) is 5.32 Å². The molecule has 66 valence electrons. The topological polar surface area (TPSA) is 24.4 Å². The molecule has 0 aromatic heterocycles. The number of nitrogens with zero attached hydrogens (tertiary/aromatic N) is 1. The minimum atomic E-state index is -0.00183. The van der Waals surface area contributed by atoms with Gasteiger partial charge in [0.1, 0.15) is 0 Å². The van der Waals surface area contributed by atoms with Crippen LogP contribution >= 0.6 is 15.9 Å². The van der Waals surface area contributed by atoms with Crippen LogP contribution in [0.2, 0.25) is 0 Å². The Balaban J connectivity index is 2.37. The van der Waals surface area contributed by atoms with E-state index >= 15 is 0 Å². The van der Waals surface area contributed by atoms with Crippen LogP contribution in [-0.2, 0) is 0 Å². The molecule has 0 aromatic carbocycles. The Morgan fingerprint density at radius 1 is 1.69 bits per heavy atom. The van der Waals surface area contributed by atoms with Gasteiger partial charge in [-0.25, -0.2) is 4.99 Å². The van der Waals surface area contributed by atoms with Crippen LogP contribution in [0.25, 0.3) is 0 Å². The van der Waals surface area contributed by atoms with E-state index in [1.807, 2.05) is 0 Å². The van der Waals surface area contributed by atoms with Gasteiger partial charge in [0.15, 0.2) is 10.8 Å². The molecule has 2 aliphatic rings. The van der Waals surface area contributed by atoms with Crippen molar-refractivity contribution >= 4 is 20.7 Å². The highest BCUT2D eigenvalue weighted by atomic mass is 79.9. The molecule has 2 nitrogen and oxygen atoms in total. The summed E-state index contributed by atoms with van der Waals surface area (Å²) in [5.74, 6) is 6.17. The zero-order valence-electron chi connectivity index (χ0n) is 7.26. The minimum Gasteiger partial charge on any atom is -0.335 e. The molecule has 0 spiro atoms. The summed E-state index contributed by atoms with van der Waals surface area (Å²) in [4.78, 5) is 4.30. The number of aliphatic imine (C=N–C) groups is 1. The van der Waals surface area contributed by atoms with Gasteiger partial charge in [0.05, 0.1) is 5.70 Å². The van der Waals surface area contributed by atoms with Gasteiger partial charge in [0, 0.05) is 6.42 Å². The Kier molecular flexibility index (Phi) is 2.24. The highest BCUT2D eigenvalue weighted by Gasteiger charge is 2.19. The van der Waals surface area contributed by atoms with Crippen molar-refractivity contribution in [1.29, 1.82) is 0 Å². The smallest absolute Gasteiger partial charge is 0.171 e. The van der Waals surface area contributed by atoms with Gasteiger partial charge < -0.3 is 5.32 Å². The van der Waals surface area contributed by atoms with E-state index in [-0.39, 0.29) is 6.04 Å². The normalized spacial score (nSPS) is 25.1. The monoisotopic (exact) mass is 236 g/mol. The Bertz CT molecular complexity index is 379. The molecule has 1 aliphatic carbocycles. The van der Waals surface area contributed by atoms with E-state index < -0.39 is 0 Å². The Labute approximate surface area is 85.9 Å². The first-order chi connectivity index (χ1) is 6.25. The van der Waals surface area contributed by atoms with E-state index in [0.29, 0.717) is 0 Å². The van der Waals surface area contributed by atoms with Crippen LogP contribution in [0.5, 0.6) is 0 Å². The van der Waals surface area contributed by atoms with Gasteiger partial charge in [-0.3, -0.25) is 0 Å². The average molecular weight is 237 g/mol. The molecule has 3 heteroatoms. The standard InChI is InChI=1S/C10H9BrN2/c1-7-4-2-3-5-8-9(6-7)13-10(11)12-8/h4,6,8H,2H2,1H3,(H,12,13). The van der Waals surface area contributed by atoms with Gasteiger partial charge in [-0.15, -0.1) is 0 Å². The first-order valence-corrected chi connectivity index (χ1v) is 4.92. The number of nitrogens with one attached hydrogen (secondary N) is 1. The van der Waals surface area contributed by atoms with Crippen LogP contribution in [0.3, 0.4) is 0 Å². The molecule has 2 rings (SSSR count). The summed E-state index contributed by atoms with van der Waals surface area (Å²) in [6, 6.07) is -0.00183. The van der Waals surface area contributed by atoms with E-state index in [0.717, 1.165) is 16.9 Å². The van der Waals surface area contributed by atoms with Crippen LogP contribution in [-0.4, -0.2) is 10.8 Å². The highest BCUT2D eigenvalue weighted by Crippen LogP contribution is 2.16. The number of rotatable bonds is 0. The lowest BCUT2D eigenvalue weighted by molar-refractivity contribution is 0.975. The predicted octanol–water partition coefficient (Wildman–Crippen LogP) is 1.95. The summed E-state index contributed by atoms with van der Waals surface area (Å²) in [6.45, 7) is 2.07. The van der Waals surface area contributed by atoms with Gasteiger partial charge in [-0.1, -0.05) is 23.5 Å². The third-order valence-corrected chi connectivity index (χ3v) is 2.34. The molecule has 0 amide bonds. The second-order valence-corrected chi connectivity index (χ2v) is 3.77. The Morgan fingerprint density at radius 2 is 2.54 bits per heavy atom. The molecule has 0 aromatic rings. The molecule has 13 heavy (non-hydrogen) atoms. The van der Waals surface area contributed by atoms with Gasteiger partial charge in [0.25, 0.3) is 0 Å². The number of allylic oxidation sites excluding steroid dienone is 3. The number of hydrogen-bond donors (Lipinski definition) is 1. The van der Waals surface area contributed by atoms with E-state index in [1.54, 1.807) is 0 Å². The molecule has 1 heterocycles. The lowest BCUT2D eigenvalue weighted by Gasteiger charge is -2.04. The van der Waals surface area contributed by atoms with Crippen molar-refractivity contribution in [2.45, 2.75) is 19.4 Å². The van der Waals surface area contributed by atoms with Crippen molar-refractivity contribution in [3.8, 4) is 11.8 Å². The van der Waals surface area contributed by atoms with Crippen LogP contribution in [0.4, 0.5) is 0 Å². The fourth-order valence-corrected chi connectivity index (χ4v) is 1.73. The molecule has 0 saturated heterocycles. The van der Waals surface area contributed by atoms with E-state index in [1.165, 1.54) is 5.57 Å². The first-order valence-electron chi connectivity index (χ1n) is 4.13. The molecule has 1 unspecified atom stereocenters. The number of fused-ring (bicyclic) bond motifs is 1. The second kappa shape index (κ2) is 3.39. The summed E-state index contributed by atoms with van der Waals surface area (Å²) in [5.41, 5.74) is 2.30. The number of halogens is 1. The largest absolute Gasteiger partial charge is 0.335 e. The van der Waals surface area contributed by atoms with Gasteiger partial charge >= 0.3 is 0 Å². The van der Waals surface area contributed by atoms with Gasteiger partial charge in [0.2, 0.25) is 0 Å². The molecule has 0 radical (unpaired) electrons. The lowest BCUT2D eigenvalue weighted by atomic mass is 10.1. The van der Waals surface area contributed by atoms with E-state index in [9.17, 15) is 0 Å². The second-order valence-electron chi connectivity index (χ2n) is 3.02. The van der Waals surface area contributed by atoms with Crippen molar-refractivity contribution in [2.75, 3.05) is 0 Å². The molecule has 0 bridgehead atoms. The summed E-state index contributed by atoms with van der Waals surface area (Å²) in [5, 5.41) is 3.14. The molecule has 1 N–H and O–H groups in total. The van der Waals surface area contributed by atoms with Crippen LogP contribution in [0.1, 0.15) is 13.3 Å². The third-order valence-electron chi connectivity index (χ3n) is 1.93. The van der Waals surface area contributed by atoms with Gasteiger partial charge in [-0.2, -0.15) is 0 Å². The van der Waals surface area contributed by atoms with Crippen molar-refractivity contribution in [2.24, 2.45) is 4.99 Å². The van der Waals surface area contributed by atoms with Crippen molar-refractivity contribution < 1.29 is 0 Å². The summed E-state index contributed by atoms with van der Waals surface area (Å²) < 4.78 is 0.771. The quantitative estimate of drug-likeness (QED) is 0.505. The van der Waals surface area contributed by atoms with Crippen molar-refractivity contribution in [3.63, 3.8) is 0 Å². The first kappa shape index (κ1) is 8.58. The zero-order chi connectivity index (χ0) is 9.26. The molecule has 1 aliphatic heterocycles. The summed E-state index contributed by atoms with van der Waals surface area (Å²) in [7, 11) is 0. The Hall–Kier alpha value is -1.01. The summed E-state index contributed by atoms with van der Waals surface area (Å²) >= 11 is 3.31. The predicted molar refractivity (Wildman–Crippen MR) is 57.5 cm³/mol. The SMILES string of the molecule is CC1=CCC#CC2N=C(Br)NC2=C1. The fourth-order valence-electron chi connectivity index (χ4n) is 1.30. The molecular formula is C10H9BrN2. The van der Waals surface area contributed by atoms with Crippen LogP contribution < -0.4 is 5.32 Å². The lowest BCUT2D eigenvalue weighted by Crippen LogP contribution is -2.15. The van der Waals surface area contributed by atoms with Crippen LogP contribution in [0.15, 0.2) is 28.4 Å². The molecule has 0 fully saturated rings. The minimum absolute atomic E-state index is 0.00183. The molecule has 0 saturated carbocycles. The van der Waals surface area contributed by atoms with Gasteiger partial charge in [-0.05, 0) is 28.9 Å². The van der Waals surface area contributed by atoms with Crippen molar-refractivity contribution in [3.05, 3.63) is 23.4 Å². The maximum Gasteiger partial charge on any atom is 0.171 e. The van der Waals surface area contributed by atoms with Crippen LogP contribution in [0, 0.1) is 11.8 Å². The molecular weight excluding hydrogens is 228 g/mol. The third kappa shape index (κ3) is 1.84. The fraction of sp³-hybridized carbons (Fsp3) is 0.300. The Morgan fingerprint density at radius 3 is 3.38 bits per heavy atom. The van der Waals surface area contributed by atoms with E-state index in [2.05, 4.69) is 57.2 Å². The molecule has 1 atom stereocenters. The van der Waals surface area contributed by atoms with E-state index in [4.69, 9.17) is 0 Å². The maximum absolute atomic E-state index is 4.30. The number of amidine groups is 1. The average Bonchev–Trinajstić information content (AvgIpc) is 2.36.